The minimum atomic E-state index is -5.07. The average Bonchev–Trinajstić information content (AvgIpc) is 2.60. The maximum absolute atomic E-state index is 14.0. The zero-order valence-electron chi connectivity index (χ0n) is 16.6. The minimum absolute atomic E-state index is 0.00372. The first kappa shape index (κ1) is 24.6. The molecule has 1 N–H and O–H groups in total. The summed E-state index contributed by atoms with van der Waals surface area (Å²) in [4.78, 5) is 12.9. The van der Waals surface area contributed by atoms with E-state index in [4.69, 9.17) is 13.8 Å². The van der Waals surface area contributed by atoms with Crippen molar-refractivity contribution >= 4 is 13.5 Å². The molecule has 1 aromatic carbocycles. The van der Waals surface area contributed by atoms with Crippen LogP contribution in [0.5, 0.6) is 0 Å². The number of amides is 1. The number of methoxy groups -OCH3 is 1. The van der Waals surface area contributed by atoms with E-state index in [1.54, 1.807) is 27.7 Å². The highest BCUT2D eigenvalue weighted by atomic mass is 31.2. The molecule has 0 bridgehead atoms. The fourth-order valence-electron chi connectivity index (χ4n) is 2.83. The summed E-state index contributed by atoms with van der Waals surface area (Å²) in [7, 11) is -3.12. The second-order valence-corrected chi connectivity index (χ2v) is 8.44. The van der Waals surface area contributed by atoms with Crippen LogP contribution in [0.25, 0.3) is 0 Å². The predicted octanol–water partition coefficient (Wildman–Crippen LogP) is 4.46. The Bertz CT molecular complexity index is 674. The minimum Gasteiger partial charge on any atom is -0.356 e. The summed E-state index contributed by atoms with van der Waals surface area (Å²) in [6, 6.07) is 6.55. The molecule has 1 aromatic rings. The number of rotatable bonds is 10. The van der Waals surface area contributed by atoms with Gasteiger partial charge >= 0.3 is 13.8 Å². The lowest BCUT2D eigenvalue weighted by molar-refractivity contribution is -0.266. The molecule has 0 aliphatic heterocycles. The highest BCUT2D eigenvalue weighted by molar-refractivity contribution is 7.54. The first-order chi connectivity index (χ1) is 13.0. The third-order valence-electron chi connectivity index (χ3n) is 4.07. The van der Waals surface area contributed by atoms with Gasteiger partial charge in [-0.2, -0.15) is 13.2 Å². The van der Waals surface area contributed by atoms with Crippen LogP contribution >= 0.6 is 7.60 Å². The van der Waals surface area contributed by atoms with Crippen molar-refractivity contribution in [3.8, 4) is 0 Å². The maximum atomic E-state index is 14.0. The molecule has 0 spiro atoms. The number of hydrogen-bond donors (Lipinski definition) is 1. The Morgan fingerprint density at radius 1 is 1.11 bits per heavy atom. The molecule has 0 saturated carbocycles. The largest absolute Gasteiger partial charge is 0.430 e. The van der Waals surface area contributed by atoms with Gasteiger partial charge in [0.15, 0.2) is 0 Å². The van der Waals surface area contributed by atoms with Crippen LogP contribution in [-0.2, 0) is 28.7 Å². The van der Waals surface area contributed by atoms with Gasteiger partial charge in [0, 0.05) is 12.7 Å². The van der Waals surface area contributed by atoms with Crippen molar-refractivity contribution in [2.24, 2.45) is 5.92 Å². The third-order valence-corrected chi connectivity index (χ3v) is 6.72. The van der Waals surface area contributed by atoms with Crippen molar-refractivity contribution in [1.82, 2.24) is 5.32 Å². The fraction of sp³-hybridized carbons (Fsp3) is 0.611. The molecule has 0 aromatic heterocycles. The highest BCUT2D eigenvalue weighted by Crippen LogP contribution is 2.55. The summed E-state index contributed by atoms with van der Waals surface area (Å²) < 4.78 is 70.4. The standard InChI is InChI=1S/C18H27F3NO5P/c1-6-26-28(24,27-7-2)15(13(3)4)22-16(23)17(25-5,18(19,20)21)14-11-9-8-10-12-14/h8-13,15H,6-7H2,1-5H3,(H,22,23)/t15-,17+/m1/s1. The van der Waals surface area contributed by atoms with Crippen LogP contribution in [0.15, 0.2) is 30.3 Å². The number of alkyl halides is 3. The molecule has 2 atom stereocenters. The van der Waals surface area contributed by atoms with Crippen molar-refractivity contribution in [1.29, 1.82) is 0 Å². The van der Waals surface area contributed by atoms with Crippen LogP contribution in [0.4, 0.5) is 13.2 Å². The van der Waals surface area contributed by atoms with E-state index < -0.39 is 42.5 Å². The monoisotopic (exact) mass is 425 g/mol. The smallest absolute Gasteiger partial charge is 0.356 e. The summed E-state index contributed by atoms with van der Waals surface area (Å²) in [6.45, 7) is 6.35. The number of ether oxygens (including phenoxy) is 1. The van der Waals surface area contributed by atoms with Crippen molar-refractivity contribution < 1.29 is 36.3 Å². The van der Waals surface area contributed by atoms with Crippen LogP contribution in [0.1, 0.15) is 33.3 Å². The van der Waals surface area contributed by atoms with Crippen LogP contribution in [0.3, 0.4) is 0 Å². The Labute approximate surface area is 163 Å². The molecule has 0 unspecified atom stereocenters. The zero-order valence-corrected chi connectivity index (χ0v) is 17.5. The SMILES string of the molecule is CCOP(=O)(OCC)[C@@H](NC(=O)[C@@](OC)(c1ccccc1)C(F)(F)F)C(C)C. The summed E-state index contributed by atoms with van der Waals surface area (Å²) in [5.74, 6) is -3.32. The Morgan fingerprint density at radius 3 is 1.96 bits per heavy atom. The third kappa shape index (κ3) is 4.95. The predicted molar refractivity (Wildman–Crippen MR) is 98.8 cm³/mol. The van der Waals surface area contributed by atoms with Gasteiger partial charge in [0.05, 0.1) is 13.2 Å². The Kier molecular flexibility index (Phi) is 8.68. The second-order valence-electron chi connectivity index (χ2n) is 6.29. The van der Waals surface area contributed by atoms with Gasteiger partial charge in [-0.05, 0) is 19.8 Å². The first-order valence-electron chi connectivity index (χ1n) is 8.87. The number of hydrogen-bond acceptors (Lipinski definition) is 5. The van der Waals surface area contributed by atoms with E-state index in [-0.39, 0.29) is 13.2 Å². The number of halogens is 3. The van der Waals surface area contributed by atoms with Crippen molar-refractivity contribution in [2.45, 2.75) is 45.3 Å². The van der Waals surface area contributed by atoms with Gasteiger partial charge < -0.3 is 19.1 Å². The Balaban J connectivity index is 3.44. The summed E-state index contributed by atoms with van der Waals surface area (Å²) >= 11 is 0. The van der Waals surface area contributed by atoms with E-state index in [2.05, 4.69) is 5.32 Å². The molecule has 1 amide bonds. The van der Waals surface area contributed by atoms with Gasteiger partial charge in [0.1, 0.15) is 5.78 Å². The lowest BCUT2D eigenvalue weighted by Gasteiger charge is -2.36. The summed E-state index contributed by atoms with van der Waals surface area (Å²) in [5.41, 5.74) is -3.67. The number of carbonyl (C=O) groups is 1. The molecular weight excluding hydrogens is 398 g/mol. The highest BCUT2D eigenvalue weighted by Gasteiger charge is 2.63. The van der Waals surface area contributed by atoms with Crippen LogP contribution < -0.4 is 5.32 Å². The van der Waals surface area contributed by atoms with E-state index in [0.717, 1.165) is 19.2 Å². The quantitative estimate of drug-likeness (QED) is 0.561. The van der Waals surface area contributed by atoms with Crippen LogP contribution in [0.2, 0.25) is 0 Å². The van der Waals surface area contributed by atoms with Crippen LogP contribution in [0, 0.1) is 5.92 Å². The molecular formula is C18H27F3NO5P. The average molecular weight is 425 g/mol. The first-order valence-corrected chi connectivity index (χ1v) is 10.5. The van der Waals surface area contributed by atoms with Crippen molar-refractivity contribution in [3.05, 3.63) is 35.9 Å². The molecule has 0 radical (unpaired) electrons. The van der Waals surface area contributed by atoms with Gasteiger partial charge in [-0.3, -0.25) is 9.36 Å². The number of carbonyl (C=O) groups excluding carboxylic acids is 1. The van der Waals surface area contributed by atoms with E-state index >= 15 is 0 Å². The van der Waals surface area contributed by atoms with E-state index in [1.165, 1.54) is 18.2 Å². The molecule has 0 heterocycles. The van der Waals surface area contributed by atoms with Crippen LogP contribution in [-0.4, -0.2) is 38.2 Å². The Hall–Kier alpha value is -1.41. The van der Waals surface area contributed by atoms with Gasteiger partial charge in [-0.1, -0.05) is 44.2 Å². The van der Waals surface area contributed by atoms with Gasteiger partial charge in [-0.15, -0.1) is 0 Å². The normalized spacial score (nSPS) is 15.9. The molecule has 10 heteroatoms. The molecule has 6 nitrogen and oxygen atoms in total. The molecule has 0 aliphatic rings. The van der Waals surface area contributed by atoms with Gasteiger partial charge in [-0.25, -0.2) is 0 Å². The molecule has 0 saturated heterocycles. The fourth-order valence-corrected chi connectivity index (χ4v) is 4.95. The summed E-state index contributed by atoms with van der Waals surface area (Å²) in [6.07, 6.45) is -5.07. The van der Waals surface area contributed by atoms with Crippen molar-refractivity contribution in [2.75, 3.05) is 20.3 Å². The van der Waals surface area contributed by atoms with E-state index in [0.29, 0.717) is 0 Å². The van der Waals surface area contributed by atoms with Gasteiger partial charge in [0.25, 0.3) is 11.5 Å². The Morgan fingerprint density at radius 2 is 1.61 bits per heavy atom. The molecule has 160 valence electrons. The molecule has 28 heavy (non-hydrogen) atoms. The van der Waals surface area contributed by atoms with E-state index in [1.807, 2.05) is 0 Å². The number of nitrogens with one attached hydrogen (secondary N) is 1. The number of benzene rings is 1. The van der Waals surface area contributed by atoms with Gasteiger partial charge in [0.2, 0.25) is 0 Å². The van der Waals surface area contributed by atoms with E-state index in [9.17, 15) is 22.5 Å². The molecule has 0 fully saturated rings. The maximum Gasteiger partial charge on any atom is 0.430 e. The zero-order chi connectivity index (χ0) is 21.6. The second kappa shape index (κ2) is 9.87. The molecule has 0 aliphatic carbocycles. The summed E-state index contributed by atoms with van der Waals surface area (Å²) in [5, 5.41) is 2.23. The molecule has 1 rings (SSSR count). The lowest BCUT2D eigenvalue weighted by Crippen LogP contribution is -2.58. The lowest BCUT2D eigenvalue weighted by atomic mass is 9.91. The van der Waals surface area contributed by atoms with Crippen molar-refractivity contribution in [3.63, 3.8) is 0 Å². The topological polar surface area (TPSA) is 73.9 Å².